The Hall–Kier alpha value is -0.990. The molecule has 0 saturated heterocycles. The van der Waals surface area contributed by atoms with E-state index in [4.69, 9.17) is 0 Å². The number of aromatic nitrogens is 2. The quantitative estimate of drug-likeness (QED) is 0.847. The van der Waals surface area contributed by atoms with Crippen LogP contribution in [0.1, 0.15) is 45.2 Å². The summed E-state index contributed by atoms with van der Waals surface area (Å²) in [5.41, 5.74) is 1.21. The van der Waals surface area contributed by atoms with Crippen LogP contribution < -0.4 is 5.32 Å². The van der Waals surface area contributed by atoms with Gasteiger partial charge in [-0.25, -0.2) is 0 Å². The fourth-order valence-corrected chi connectivity index (χ4v) is 2.59. The van der Waals surface area contributed by atoms with Gasteiger partial charge in [-0.15, -0.1) is 0 Å². The SMILES string of the molecule is CCCc1cc(NC2CCCC2C)n(C)n1. The lowest BCUT2D eigenvalue weighted by molar-refractivity contribution is 0.550. The van der Waals surface area contributed by atoms with Crippen molar-refractivity contribution in [1.29, 1.82) is 0 Å². The molecular formula is C13H23N3. The monoisotopic (exact) mass is 221 g/mol. The van der Waals surface area contributed by atoms with E-state index in [-0.39, 0.29) is 0 Å². The number of anilines is 1. The lowest BCUT2D eigenvalue weighted by Gasteiger charge is -2.18. The van der Waals surface area contributed by atoms with Crippen molar-refractivity contribution in [1.82, 2.24) is 9.78 Å². The van der Waals surface area contributed by atoms with Crippen molar-refractivity contribution in [3.8, 4) is 0 Å². The van der Waals surface area contributed by atoms with Gasteiger partial charge in [0, 0.05) is 19.2 Å². The fourth-order valence-electron chi connectivity index (χ4n) is 2.59. The summed E-state index contributed by atoms with van der Waals surface area (Å²) in [5.74, 6) is 1.98. The van der Waals surface area contributed by atoms with Crippen LogP contribution in [0.3, 0.4) is 0 Å². The summed E-state index contributed by atoms with van der Waals surface area (Å²) in [7, 11) is 2.03. The molecule has 2 atom stereocenters. The van der Waals surface area contributed by atoms with E-state index in [0.717, 1.165) is 18.8 Å². The van der Waals surface area contributed by atoms with Gasteiger partial charge in [0.2, 0.25) is 0 Å². The van der Waals surface area contributed by atoms with Gasteiger partial charge in [0.1, 0.15) is 5.82 Å². The predicted octanol–water partition coefficient (Wildman–Crippen LogP) is 2.97. The lowest BCUT2D eigenvalue weighted by atomic mass is 10.1. The van der Waals surface area contributed by atoms with Crippen LogP contribution >= 0.6 is 0 Å². The molecule has 0 aliphatic heterocycles. The van der Waals surface area contributed by atoms with Crippen molar-refractivity contribution in [3.05, 3.63) is 11.8 Å². The summed E-state index contributed by atoms with van der Waals surface area (Å²) in [5, 5.41) is 8.16. The van der Waals surface area contributed by atoms with Gasteiger partial charge in [-0.3, -0.25) is 4.68 Å². The van der Waals surface area contributed by atoms with Gasteiger partial charge >= 0.3 is 0 Å². The zero-order chi connectivity index (χ0) is 11.5. The molecule has 1 saturated carbocycles. The van der Waals surface area contributed by atoms with E-state index in [1.165, 1.54) is 30.8 Å². The highest BCUT2D eigenvalue weighted by molar-refractivity contribution is 5.38. The van der Waals surface area contributed by atoms with Crippen molar-refractivity contribution < 1.29 is 0 Å². The van der Waals surface area contributed by atoms with E-state index in [1.807, 2.05) is 11.7 Å². The Labute approximate surface area is 98.2 Å². The van der Waals surface area contributed by atoms with Gasteiger partial charge in [-0.05, 0) is 25.2 Å². The summed E-state index contributed by atoms with van der Waals surface area (Å²) in [6.45, 7) is 4.54. The minimum absolute atomic E-state index is 0.643. The lowest BCUT2D eigenvalue weighted by Crippen LogP contribution is -2.23. The van der Waals surface area contributed by atoms with Gasteiger partial charge in [0.05, 0.1) is 5.69 Å². The smallest absolute Gasteiger partial charge is 0.124 e. The molecular weight excluding hydrogens is 198 g/mol. The molecule has 2 rings (SSSR count). The first-order valence-electron chi connectivity index (χ1n) is 6.50. The standard InChI is InChI=1S/C13H23N3/c1-4-6-11-9-13(16(3)15-11)14-12-8-5-7-10(12)2/h9-10,12,14H,4-8H2,1-3H3. The molecule has 0 bridgehead atoms. The largest absolute Gasteiger partial charge is 0.367 e. The van der Waals surface area contributed by atoms with Crippen LogP contribution in [0, 0.1) is 5.92 Å². The topological polar surface area (TPSA) is 29.9 Å². The van der Waals surface area contributed by atoms with Crippen LogP contribution in [0.15, 0.2) is 6.07 Å². The Morgan fingerprint density at radius 3 is 2.94 bits per heavy atom. The zero-order valence-corrected chi connectivity index (χ0v) is 10.7. The summed E-state index contributed by atoms with van der Waals surface area (Å²) < 4.78 is 1.98. The molecule has 1 aliphatic rings. The number of rotatable bonds is 4. The third-order valence-corrected chi connectivity index (χ3v) is 3.63. The first kappa shape index (κ1) is 11.5. The van der Waals surface area contributed by atoms with Gasteiger partial charge < -0.3 is 5.32 Å². The molecule has 16 heavy (non-hydrogen) atoms. The highest BCUT2D eigenvalue weighted by Crippen LogP contribution is 2.28. The maximum absolute atomic E-state index is 4.52. The van der Waals surface area contributed by atoms with Crippen molar-refractivity contribution in [2.24, 2.45) is 13.0 Å². The summed E-state index contributed by atoms with van der Waals surface area (Å²) in [6.07, 6.45) is 6.26. The van der Waals surface area contributed by atoms with Crippen LogP contribution in [-0.4, -0.2) is 15.8 Å². The van der Waals surface area contributed by atoms with Gasteiger partial charge in [-0.2, -0.15) is 5.10 Å². The molecule has 0 amide bonds. The first-order valence-corrected chi connectivity index (χ1v) is 6.50. The Bertz CT molecular complexity index is 343. The Morgan fingerprint density at radius 2 is 2.31 bits per heavy atom. The average molecular weight is 221 g/mol. The molecule has 0 spiro atoms. The van der Waals surface area contributed by atoms with E-state index >= 15 is 0 Å². The normalized spacial score (nSPS) is 24.9. The first-order chi connectivity index (χ1) is 7.70. The molecule has 3 heteroatoms. The van der Waals surface area contributed by atoms with Crippen LogP contribution in [0.5, 0.6) is 0 Å². The molecule has 1 aromatic rings. The molecule has 1 aromatic heterocycles. The van der Waals surface area contributed by atoms with Crippen molar-refractivity contribution in [2.75, 3.05) is 5.32 Å². The minimum Gasteiger partial charge on any atom is -0.367 e. The van der Waals surface area contributed by atoms with E-state index in [1.54, 1.807) is 0 Å². The van der Waals surface area contributed by atoms with Crippen LogP contribution in [-0.2, 0) is 13.5 Å². The van der Waals surface area contributed by atoms with E-state index < -0.39 is 0 Å². The molecule has 90 valence electrons. The fraction of sp³-hybridized carbons (Fsp3) is 0.769. The average Bonchev–Trinajstić information content (AvgIpc) is 2.77. The Balaban J connectivity index is 2.03. The molecule has 1 fully saturated rings. The second-order valence-electron chi connectivity index (χ2n) is 5.05. The molecule has 1 heterocycles. The van der Waals surface area contributed by atoms with Crippen molar-refractivity contribution in [2.45, 2.75) is 52.0 Å². The second-order valence-corrected chi connectivity index (χ2v) is 5.05. The summed E-state index contributed by atoms with van der Waals surface area (Å²) in [6, 6.07) is 2.85. The molecule has 0 aromatic carbocycles. The maximum Gasteiger partial charge on any atom is 0.124 e. The van der Waals surface area contributed by atoms with E-state index in [9.17, 15) is 0 Å². The zero-order valence-electron chi connectivity index (χ0n) is 10.7. The van der Waals surface area contributed by atoms with Crippen molar-refractivity contribution >= 4 is 5.82 Å². The highest BCUT2D eigenvalue weighted by atomic mass is 15.3. The number of nitrogens with zero attached hydrogens (tertiary/aromatic N) is 2. The predicted molar refractivity (Wildman–Crippen MR) is 67.6 cm³/mol. The molecule has 2 unspecified atom stereocenters. The molecule has 3 nitrogen and oxygen atoms in total. The third kappa shape index (κ3) is 2.39. The Morgan fingerprint density at radius 1 is 1.50 bits per heavy atom. The number of aryl methyl sites for hydroxylation is 2. The molecule has 1 aliphatic carbocycles. The summed E-state index contributed by atoms with van der Waals surface area (Å²) >= 11 is 0. The molecule has 1 N–H and O–H groups in total. The van der Waals surface area contributed by atoms with Crippen LogP contribution in [0.4, 0.5) is 5.82 Å². The third-order valence-electron chi connectivity index (χ3n) is 3.63. The minimum atomic E-state index is 0.643. The van der Waals surface area contributed by atoms with Crippen molar-refractivity contribution in [3.63, 3.8) is 0 Å². The van der Waals surface area contributed by atoms with Crippen LogP contribution in [0.2, 0.25) is 0 Å². The number of nitrogens with one attached hydrogen (secondary N) is 1. The highest BCUT2D eigenvalue weighted by Gasteiger charge is 2.23. The van der Waals surface area contributed by atoms with Crippen LogP contribution in [0.25, 0.3) is 0 Å². The van der Waals surface area contributed by atoms with Gasteiger partial charge in [0.25, 0.3) is 0 Å². The second kappa shape index (κ2) is 4.89. The maximum atomic E-state index is 4.52. The van der Waals surface area contributed by atoms with Gasteiger partial charge in [0.15, 0.2) is 0 Å². The van der Waals surface area contributed by atoms with E-state index in [0.29, 0.717) is 6.04 Å². The Kier molecular flexibility index (Phi) is 3.52. The number of hydrogen-bond donors (Lipinski definition) is 1. The van der Waals surface area contributed by atoms with E-state index in [2.05, 4.69) is 30.3 Å². The summed E-state index contributed by atoms with van der Waals surface area (Å²) in [4.78, 5) is 0. The van der Waals surface area contributed by atoms with Gasteiger partial charge in [-0.1, -0.05) is 26.7 Å². The number of hydrogen-bond acceptors (Lipinski definition) is 2. The molecule has 0 radical (unpaired) electrons.